The van der Waals surface area contributed by atoms with Gasteiger partial charge in [0, 0.05) is 18.2 Å². The van der Waals surface area contributed by atoms with Gasteiger partial charge in [0.05, 0.1) is 6.61 Å². The summed E-state index contributed by atoms with van der Waals surface area (Å²) in [5, 5.41) is 5.92. The molecule has 0 spiro atoms. The number of fused-ring (bicyclic) bond motifs is 1. The Hall–Kier alpha value is -1.82. The van der Waals surface area contributed by atoms with Gasteiger partial charge in [0.25, 0.3) is 0 Å². The van der Waals surface area contributed by atoms with Crippen LogP contribution in [0.1, 0.15) is 43.7 Å². The molecule has 1 heterocycles. The summed E-state index contributed by atoms with van der Waals surface area (Å²) >= 11 is 0. The van der Waals surface area contributed by atoms with E-state index in [1.807, 2.05) is 0 Å². The van der Waals surface area contributed by atoms with Crippen LogP contribution in [0.25, 0.3) is 0 Å². The van der Waals surface area contributed by atoms with Crippen LogP contribution in [0.5, 0.6) is 5.75 Å². The van der Waals surface area contributed by atoms with Crippen molar-refractivity contribution in [2.24, 2.45) is 5.92 Å². The Kier molecular flexibility index (Phi) is 5.56. The summed E-state index contributed by atoms with van der Waals surface area (Å²) < 4.78 is 24.3. The van der Waals surface area contributed by atoms with Crippen LogP contribution in [-0.2, 0) is 17.8 Å². The molecule has 3 rings (SSSR count). The quantitative estimate of drug-likeness (QED) is 0.888. The number of hydrogen-bond acceptors (Lipinski definition) is 3. The second-order valence-electron chi connectivity index (χ2n) is 6.68. The van der Waals surface area contributed by atoms with Crippen LogP contribution < -0.4 is 15.4 Å². The standard InChI is InChI=1S/C18H25FN2O3/c1-12-4-2-3-5-16(12)21-18(22)20-7-6-13-8-15(19)9-14-10-23-11-24-17(13)14/h8-9,12,16H,2-7,10-11H2,1H3,(H2,20,21,22). The highest BCUT2D eigenvalue weighted by Gasteiger charge is 2.22. The fourth-order valence-electron chi connectivity index (χ4n) is 3.50. The summed E-state index contributed by atoms with van der Waals surface area (Å²) in [6.45, 7) is 3.16. The maximum absolute atomic E-state index is 13.7. The lowest BCUT2D eigenvalue weighted by Crippen LogP contribution is -2.46. The molecule has 0 aromatic heterocycles. The first kappa shape index (κ1) is 17.0. The highest BCUT2D eigenvalue weighted by Crippen LogP contribution is 2.29. The maximum Gasteiger partial charge on any atom is 0.315 e. The number of carbonyl (C=O) groups is 1. The summed E-state index contributed by atoms with van der Waals surface area (Å²) in [5.74, 6) is 0.900. The minimum atomic E-state index is -0.307. The number of rotatable bonds is 4. The van der Waals surface area contributed by atoms with Crippen molar-refractivity contribution in [3.8, 4) is 5.75 Å². The first-order valence-corrected chi connectivity index (χ1v) is 8.69. The first-order chi connectivity index (χ1) is 11.6. The predicted molar refractivity (Wildman–Crippen MR) is 88.3 cm³/mol. The van der Waals surface area contributed by atoms with Crippen LogP contribution in [0.4, 0.5) is 9.18 Å². The van der Waals surface area contributed by atoms with E-state index in [1.54, 1.807) is 0 Å². The van der Waals surface area contributed by atoms with Crippen molar-refractivity contribution in [3.63, 3.8) is 0 Å². The van der Waals surface area contributed by atoms with Gasteiger partial charge in [-0.1, -0.05) is 19.8 Å². The molecule has 5 nitrogen and oxygen atoms in total. The lowest BCUT2D eigenvalue weighted by atomic mass is 9.86. The Labute approximate surface area is 141 Å². The second kappa shape index (κ2) is 7.83. The van der Waals surface area contributed by atoms with Crippen molar-refractivity contribution in [2.75, 3.05) is 13.3 Å². The molecule has 0 radical (unpaired) electrons. The number of nitrogens with one attached hydrogen (secondary N) is 2. The van der Waals surface area contributed by atoms with Crippen molar-refractivity contribution in [1.82, 2.24) is 10.6 Å². The molecule has 0 saturated heterocycles. The first-order valence-electron chi connectivity index (χ1n) is 8.69. The monoisotopic (exact) mass is 336 g/mol. The summed E-state index contributed by atoms with van der Waals surface area (Å²) in [6, 6.07) is 3.00. The van der Waals surface area contributed by atoms with E-state index in [2.05, 4.69) is 17.6 Å². The van der Waals surface area contributed by atoms with Gasteiger partial charge in [0.2, 0.25) is 0 Å². The molecule has 0 bridgehead atoms. The average molecular weight is 336 g/mol. The number of carbonyl (C=O) groups excluding carboxylic acids is 1. The zero-order chi connectivity index (χ0) is 16.9. The number of hydrogen-bond donors (Lipinski definition) is 2. The Morgan fingerprint density at radius 2 is 2.17 bits per heavy atom. The number of ether oxygens (including phenoxy) is 2. The van der Waals surface area contributed by atoms with Crippen molar-refractivity contribution < 1.29 is 18.7 Å². The van der Waals surface area contributed by atoms with Crippen LogP contribution >= 0.6 is 0 Å². The molecule has 1 aliphatic carbocycles. The zero-order valence-corrected chi connectivity index (χ0v) is 14.1. The molecule has 2 unspecified atom stereocenters. The smallest absolute Gasteiger partial charge is 0.315 e. The summed E-state index contributed by atoms with van der Waals surface area (Å²) in [6.07, 6.45) is 5.15. The molecule has 1 aromatic rings. The van der Waals surface area contributed by atoms with Gasteiger partial charge in [-0.2, -0.15) is 0 Å². The molecular formula is C18H25FN2O3. The molecule has 1 aromatic carbocycles. The molecule has 2 aliphatic rings. The Balaban J connectivity index is 1.51. The minimum Gasteiger partial charge on any atom is -0.467 e. The predicted octanol–water partition coefficient (Wildman–Crippen LogP) is 3.11. The molecular weight excluding hydrogens is 311 g/mol. The fraction of sp³-hybridized carbons (Fsp3) is 0.611. The SMILES string of the molecule is CC1CCCCC1NC(=O)NCCc1cc(F)cc2c1OCOC2. The Morgan fingerprint density at radius 1 is 1.33 bits per heavy atom. The minimum absolute atomic E-state index is 0.150. The summed E-state index contributed by atoms with van der Waals surface area (Å²) in [7, 11) is 0. The number of halogens is 1. The molecule has 2 amide bonds. The molecule has 24 heavy (non-hydrogen) atoms. The lowest BCUT2D eigenvalue weighted by molar-refractivity contribution is -0.0172. The van der Waals surface area contributed by atoms with E-state index in [0.717, 1.165) is 17.5 Å². The fourth-order valence-corrected chi connectivity index (χ4v) is 3.50. The third kappa shape index (κ3) is 4.17. The summed E-state index contributed by atoms with van der Waals surface area (Å²) in [4.78, 5) is 12.1. The van der Waals surface area contributed by atoms with Gasteiger partial charge >= 0.3 is 6.03 Å². The zero-order valence-electron chi connectivity index (χ0n) is 14.1. The number of benzene rings is 1. The maximum atomic E-state index is 13.7. The van der Waals surface area contributed by atoms with E-state index in [0.29, 0.717) is 31.2 Å². The van der Waals surface area contributed by atoms with Crippen LogP contribution in [-0.4, -0.2) is 25.4 Å². The van der Waals surface area contributed by atoms with Gasteiger partial charge in [0.1, 0.15) is 11.6 Å². The van der Waals surface area contributed by atoms with E-state index in [4.69, 9.17) is 9.47 Å². The normalized spacial score (nSPS) is 23.1. The van der Waals surface area contributed by atoms with E-state index in [1.165, 1.54) is 31.4 Å². The summed E-state index contributed by atoms with van der Waals surface area (Å²) in [5.41, 5.74) is 1.48. The molecule has 6 heteroatoms. The molecule has 1 aliphatic heterocycles. The van der Waals surface area contributed by atoms with Crippen molar-refractivity contribution in [2.45, 2.75) is 51.7 Å². The van der Waals surface area contributed by atoms with Gasteiger partial charge in [0.15, 0.2) is 6.79 Å². The Morgan fingerprint density at radius 3 is 3.00 bits per heavy atom. The largest absolute Gasteiger partial charge is 0.467 e. The van der Waals surface area contributed by atoms with Crippen molar-refractivity contribution in [3.05, 3.63) is 29.1 Å². The lowest BCUT2D eigenvalue weighted by Gasteiger charge is -2.29. The molecule has 1 fully saturated rings. The van der Waals surface area contributed by atoms with Crippen LogP contribution in [0.15, 0.2) is 12.1 Å². The number of urea groups is 1. The Bertz CT molecular complexity index is 594. The molecule has 2 atom stereocenters. The van der Waals surface area contributed by atoms with Crippen molar-refractivity contribution in [1.29, 1.82) is 0 Å². The van der Waals surface area contributed by atoms with Gasteiger partial charge in [-0.3, -0.25) is 0 Å². The second-order valence-corrected chi connectivity index (χ2v) is 6.68. The average Bonchev–Trinajstić information content (AvgIpc) is 2.57. The number of amides is 2. The topological polar surface area (TPSA) is 59.6 Å². The van der Waals surface area contributed by atoms with E-state index in [9.17, 15) is 9.18 Å². The van der Waals surface area contributed by atoms with E-state index >= 15 is 0 Å². The highest BCUT2D eigenvalue weighted by atomic mass is 19.1. The molecule has 132 valence electrons. The van der Waals surface area contributed by atoms with Crippen LogP contribution in [0.2, 0.25) is 0 Å². The third-order valence-electron chi connectivity index (χ3n) is 4.86. The van der Waals surface area contributed by atoms with Gasteiger partial charge in [-0.05, 0) is 42.9 Å². The van der Waals surface area contributed by atoms with E-state index in [-0.39, 0.29) is 24.7 Å². The van der Waals surface area contributed by atoms with Gasteiger partial charge < -0.3 is 20.1 Å². The third-order valence-corrected chi connectivity index (χ3v) is 4.86. The van der Waals surface area contributed by atoms with Gasteiger partial charge in [-0.15, -0.1) is 0 Å². The van der Waals surface area contributed by atoms with Crippen LogP contribution in [0.3, 0.4) is 0 Å². The van der Waals surface area contributed by atoms with Crippen LogP contribution in [0, 0.1) is 11.7 Å². The molecule has 2 N–H and O–H groups in total. The van der Waals surface area contributed by atoms with Gasteiger partial charge in [-0.25, -0.2) is 9.18 Å². The van der Waals surface area contributed by atoms with Crippen molar-refractivity contribution >= 4 is 6.03 Å². The molecule has 1 saturated carbocycles. The highest BCUT2D eigenvalue weighted by molar-refractivity contribution is 5.74. The van der Waals surface area contributed by atoms with E-state index < -0.39 is 0 Å².